The summed E-state index contributed by atoms with van der Waals surface area (Å²) in [6.45, 7) is 1.41. The van der Waals surface area contributed by atoms with E-state index in [1.54, 1.807) is 0 Å². The fraction of sp³-hybridized carbons (Fsp3) is 0.429. The zero-order valence-corrected chi connectivity index (χ0v) is 12.6. The molecule has 1 aromatic carbocycles. The molecule has 2 unspecified atom stereocenters. The van der Waals surface area contributed by atoms with Crippen LogP contribution in [0.2, 0.25) is 0 Å². The van der Waals surface area contributed by atoms with Crippen LogP contribution in [0.4, 0.5) is 0 Å². The summed E-state index contributed by atoms with van der Waals surface area (Å²) in [5.74, 6) is -1.79. The lowest BCUT2D eigenvalue weighted by Gasteiger charge is -2.35. The van der Waals surface area contributed by atoms with Gasteiger partial charge in [-0.05, 0) is 18.1 Å². The number of fused-ring (bicyclic) bond motifs is 1. The molecule has 1 aliphatic heterocycles. The standard InChI is InChI=1S/C14H17NO5S/c1-9(21(2,19)20)13(16)15-8-11-6-4-3-5-10(11)7-12(15)14(17)18/h3-6,9,12H,7-8H2,1-2H3,(H,17,18). The van der Waals surface area contributed by atoms with Crippen LogP contribution in [0.5, 0.6) is 0 Å². The molecule has 0 aromatic heterocycles. The zero-order valence-electron chi connectivity index (χ0n) is 11.8. The average molecular weight is 311 g/mol. The van der Waals surface area contributed by atoms with Crippen LogP contribution < -0.4 is 0 Å². The number of hydrogen-bond acceptors (Lipinski definition) is 4. The zero-order chi connectivity index (χ0) is 15.8. The van der Waals surface area contributed by atoms with E-state index in [1.807, 2.05) is 24.3 Å². The molecule has 7 heteroatoms. The number of carboxylic acids is 1. The third-order valence-corrected chi connectivity index (χ3v) is 5.29. The second kappa shape index (κ2) is 5.48. The van der Waals surface area contributed by atoms with Gasteiger partial charge in [0, 0.05) is 19.2 Å². The van der Waals surface area contributed by atoms with E-state index >= 15 is 0 Å². The summed E-state index contributed by atoms with van der Waals surface area (Å²) in [6, 6.07) is 6.24. The van der Waals surface area contributed by atoms with E-state index in [0.29, 0.717) is 0 Å². The van der Waals surface area contributed by atoms with E-state index in [4.69, 9.17) is 0 Å². The van der Waals surface area contributed by atoms with Crippen LogP contribution >= 0.6 is 0 Å². The minimum absolute atomic E-state index is 0.117. The number of hydrogen-bond donors (Lipinski definition) is 1. The van der Waals surface area contributed by atoms with Crippen LogP contribution in [0, 0.1) is 0 Å². The van der Waals surface area contributed by atoms with Crippen molar-refractivity contribution in [2.45, 2.75) is 31.2 Å². The first-order chi connectivity index (χ1) is 9.71. The molecule has 1 amide bonds. The number of sulfone groups is 1. The van der Waals surface area contributed by atoms with Gasteiger partial charge in [-0.2, -0.15) is 0 Å². The maximum Gasteiger partial charge on any atom is 0.326 e. The van der Waals surface area contributed by atoms with Gasteiger partial charge >= 0.3 is 5.97 Å². The molecule has 2 atom stereocenters. The van der Waals surface area contributed by atoms with Crippen molar-refractivity contribution in [3.05, 3.63) is 35.4 Å². The van der Waals surface area contributed by atoms with E-state index in [2.05, 4.69) is 0 Å². The summed E-state index contributed by atoms with van der Waals surface area (Å²) < 4.78 is 23.1. The lowest BCUT2D eigenvalue weighted by Crippen LogP contribution is -2.52. The van der Waals surface area contributed by atoms with E-state index in [9.17, 15) is 23.1 Å². The Morgan fingerprint density at radius 1 is 1.29 bits per heavy atom. The van der Waals surface area contributed by atoms with Crippen molar-refractivity contribution in [2.24, 2.45) is 0 Å². The highest BCUT2D eigenvalue weighted by molar-refractivity contribution is 7.92. The molecule has 21 heavy (non-hydrogen) atoms. The highest BCUT2D eigenvalue weighted by Crippen LogP contribution is 2.25. The molecule has 0 bridgehead atoms. The maximum absolute atomic E-state index is 12.4. The van der Waals surface area contributed by atoms with Gasteiger partial charge in [-0.15, -0.1) is 0 Å². The van der Waals surface area contributed by atoms with Crippen molar-refractivity contribution >= 4 is 21.7 Å². The quantitative estimate of drug-likeness (QED) is 0.875. The maximum atomic E-state index is 12.4. The summed E-state index contributed by atoms with van der Waals surface area (Å²) in [4.78, 5) is 24.9. The van der Waals surface area contributed by atoms with Crippen LogP contribution in [0.1, 0.15) is 18.1 Å². The fourth-order valence-corrected chi connectivity index (χ4v) is 2.89. The van der Waals surface area contributed by atoms with Crippen molar-refractivity contribution in [2.75, 3.05) is 6.26 Å². The number of rotatable bonds is 3. The van der Waals surface area contributed by atoms with Crippen LogP contribution in [0.25, 0.3) is 0 Å². The Hall–Kier alpha value is -1.89. The van der Waals surface area contributed by atoms with Crippen molar-refractivity contribution in [3.63, 3.8) is 0 Å². The van der Waals surface area contributed by atoms with Gasteiger partial charge in [-0.3, -0.25) is 4.79 Å². The number of carbonyl (C=O) groups excluding carboxylic acids is 1. The molecule has 0 aliphatic carbocycles. The molecular formula is C14H17NO5S. The van der Waals surface area contributed by atoms with Gasteiger partial charge in [0.25, 0.3) is 0 Å². The van der Waals surface area contributed by atoms with Gasteiger partial charge in [0.1, 0.15) is 11.3 Å². The topological polar surface area (TPSA) is 91.8 Å². The van der Waals surface area contributed by atoms with Gasteiger partial charge in [-0.1, -0.05) is 24.3 Å². The van der Waals surface area contributed by atoms with E-state index in [-0.39, 0.29) is 13.0 Å². The van der Waals surface area contributed by atoms with Gasteiger partial charge in [0.15, 0.2) is 9.84 Å². The number of carbonyl (C=O) groups is 2. The number of benzene rings is 1. The Kier molecular flexibility index (Phi) is 4.04. The predicted octanol–water partition coefficient (Wildman–Crippen LogP) is 0.458. The SMILES string of the molecule is CC(C(=O)N1Cc2ccccc2CC1C(=O)O)S(C)(=O)=O. The van der Waals surface area contributed by atoms with Crippen molar-refractivity contribution < 1.29 is 23.1 Å². The van der Waals surface area contributed by atoms with Gasteiger partial charge in [0.2, 0.25) is 5.91 Å². The Labute approximate surface area is 123 Å². The molecule has 114 valence electrons. The summed E-state index contributed by atoms with van der Waals surface area (Å²) in [5, 5.41) is 8.08. The molecule has 1 aliphatic rings. The minimum atomic E-state index is -3.56. The number of aliphatic carboxylic acids is 1. The van der Waals surface area contributed by atoms with Gasteiger partial charge in [0.05, 0.1) is 0 Å². The molecule has 2 rings (SSSR count). The third kappa shape index (κ3) is 3.07. The second-order valence-electron chi connectivity index (χ2n) is 5.26. The largest absolute Gasteiger partial charge is 0.480 e. The van der Waals surface area contributed by atoms with Crippen LogP contribution in [0.15, 0.2) is 24.3 Å². The Morgan fingerprint density at radius 2 is 1.86 bits per heavy atom. The van der Waals surface area contributed by atoms with Crippen molar-refractivity contribution in [3.8, 4) is 0 Å². The molecule has 0 fully saturated rings. The normalized spacial score (nSPS) is 19.7. The Balaban J connectivity index is 2.37. The van der Waals surface area contributed by atoms with Crippen LogP contribution in [0.3, 0.4) is 0 Å². The monoisotopic (exact) mass is 311 g/mol. The lowest BCUT2D eigenvalue weighted by molar-refractivity contribution is -0.151. The molecule has 0 radical (unpaired) electrons. The molecule has 1 aromatic rings. The summed E-state index contributed by atoms with van der Waals surface area (Å²) in [6.07, 6.45) is 1.16. The number of carboxylic acid groups (broad SMARTS) is 1. The van der Waals surface area contributed by atoms with E-state index in [0.717, 1.165) is 22.3 Å². The Morgan fingerprint density at radius 3 is 2.38 bits per heavy atom. The minimum Gasteiger partial charge on any atom is -0.480 e. The van der Waals surface area contributed by atoms with Crippen LogP contribution in [-0.2, 0) is 32.4 Å². The molecule has 0 saturated heterocycles. The predicted molar refractivity (Wildman–Crippen MR) is 76.4 cm³/mol. The highest BCUT2D eigenvalue weighted by atomic mass is 32.2. The first kappa shape index (κ1) is 15.5. The second-order valence-corrected chi connectivity index (χ2v) is 7.63. The number of nitrogens with zero attached hydrogens (tertiary/aromatic N) is 1. The number of amides is 1. The smallest absolute Gasteiger partial charge is 0.326 e. The molecule has 1 N–H and O–H groups in total. The van der Waals surface area contributed by atoms with Crippen molar-refractivity contribution in [1.29, 1.82) is 0 Å². The fourth-order valence-electron chi connectivity index (χ4n) is 2.39. The molecule has 6 nitrogen and oxygen atoms in total. The first-order valence-electron chi connectivity index (χ1n) is 6.50. The molecular weight excluding hydrogens is 294 g/mol. The summed E-state index contributed by atoms with van der Waals surface area (Å²) in [5.41, 5.74) is 1.73. The average Bonchev–Trinajstić information content (AvgIpc) is 2.43. The Bertz CT molecular complexity index is 682. The van der Waals surface area contributed by atoms with E-state index in [1.165, 1.54) is 6.92 Å². The molecule has 1 heterocycles. The lowest BCUT2D eigenvalue weighted by atomic mass is 9.94. The molecule has 0 spiro atoms. The summed E-state index contributed by atoms with van der Waals surface area (Å²) in [7, 11) is -3.56. The van der Waals surface area contributed by atoms with Gasteiger partial charge in [-0.25, -0.2) is 13.2 Å². The van der Waals surface area contributed by atoms with Crippen molar-refractivity contribution in [1.82, 2.24) is 4.90 Å². The van der Waals surface area contributed by atoms with E-state index < -0.39 is 33.0 Å². The summed E-state index contributed by atoms with van der Waals surface area (Å²) >= 11 is 0. The van der Waals surface area contributed by atoms with Crippen LogP contribution in [-0.4, -0.2) is 47.8 Å². The third-order valence-electron chi connectivity index (χ3n) is 3.81. The molecule has 0 saturated carbocycles. The first-order valence-corrected chi connectivity index (χ1v) is 8.46. The van der Waals surface area contributed by atoms with Gasteiger partial charge < -0.3 is 10.0 Å². The highest BCUT2D eigenvalue weighted by Gasteiger charge is 2.38.